The van der Waals surface area contributed by atoms with Crippen molar-refractivity contribution < 1.29 is 14.5 Å². The van der Waals surface area contributed by atoms with Crippen LogP contribution in [0.4, 0.5) is 5.69 Å². The van der Waals surface area contributed by atoms with E-state index in [4.69, 9.17) is 0 Å². The number of carbonyl (C=O) groups is 2. The quantitative estimate of drug-likeness (QED) is 0.469. The summed E-state index contributed by atoms with van der Waals surface area (Å²) in [7, 11) is 3.18. The number of hydrogen-bond donors (Lipinski definition) is 0. The maximum Gasteiger partial charge on any atom is 0.277 e. The number of non-ortho nitro benzene ring substituents is 1. The Labute approximate surface area is 150 Å². The summed E-state index contributed by atoms with van der Waals surface area (Å²) in [6.07, 6.45) is 0. The Morgan fingerprint density at radius 1 is 1.00 bits per heavy atom. The Hall–Kier alpha value is -3.48. The fourth-order valence-electron chi connectivity index (χ4n) is 2.93. The summed E-state index contributed by atoms with van der Waals surface area (Å²) in [5.41, 5.74) is 1.95. The normalized spacial score (nSPS) is 14.2. The van der Waals surface area contributed by atoms with Gasteiger partial charge in [-0.1, -0.05) is 30.3 Å². The zero-order chi connectivity index (χ0) is 18.8. The lowest BCUT2D eigenvalue weighted by Crippen LogP contribution is -2.30. The van der Waals surface area contributed by atoms with Crippen molar-refractivity contribution in [2.45, 2.75) is 6.54 Å². The maximum absolute atomic E-state index is 12.6. The van der Waals surface area contributed by atoms with Gasteiger partial charge in [0.2, 0.25) is 0 Å². The summed E-state index contributed by atoms with van der Waals surface area (Å²) in [4.78, 5) is 38.3. The minimum atomic E-state index is -0.506. The van der Waals surface area contributed by atoms with Crippen LogP contribution in [0.25, 0.3) is 5.57 Å². The highest BCUT2D eigenvalue weighted by Gasteiger charge is 2.38. The first-order valence-electron chi connectivity index (χ1n) is 7.96. The van der Waals surface area contributed by atoms with Crippen LogP contribution in [-0.4, -0.2) is 40.6 Å². The monoisotopic (exact) mass is 351 g/mol. The molecule has 0 N–H and O–H groups in total. The first-order valence-corrected chi connectivity index (χ1v) is 7.96. The lowest BCUT2D eigenvalue weighted by Gasteiger charge is -2.20. The summed E-state index contributed by atoms with van der Waals surface area (Å²) in [6, 6.07) is 15.2. The van der Waals surface area contributed by atoms with E-state index in [-0.39, 0.29) is 22.9 Å². The van der Waals surface area contributed by atoms with E-state index >= 15 is 0 Å². The molecule has 1 aliphatic rings. The molecule has 2 amide bonds. The number of likely N-dealkylation sites (N-methyl/N-ethyl adjacent to an activating group) is 2. The first-order chi connectivity index (χ1) is 12.4. The number of nitro groups is 1. The molecule has 1 heterocycles. The third-order valence-corrected chi connectivity index (χ3v) is 4.27. The van der Waals surface area contributed by atoms with Gasteiger partial charge in [-0.15, -0.1) is 0 Å². The predicted molar refractivity (Wildman–Crippen MR) is 95.7 cm³/mol. The molecule has 2 aromatic carbocycles. The van der Waals surface area contributed by atoms with E-state index < -0.39 is 10.8 Å². The Bertz CT molecular complexity index is 904. The van der Waals surface area contributed by atoms with Crippen molar-refractivity contribution in [1.82, 2.24) is 9.80 Å². The van der Waals surface area contributed by atoms with Crippen molar-refractivity contribution in [3.8, 4) is 0 Å². The molecule has 1 aliphatic heterocycles. The molecule has 0 aliphatic carbocycles. The topological polar surface area (TPSA) is 83.8 Å². The van der Waals surface area contributed by atoms with Crippen molar-refractivity contribution in [3.63, 3.8) is 0 Å². The van der Waals surface area contributed by atoms with E-state index in [1.54, 1.807) is 11.9 Å². The molecule has 0 radical (unpaired) electrons. The first kappa shape index (κ1) is 17.3. The van der Waals surface area contributed by atoms with Gasteiger partial charge in [0.1, 0.15) is 5.70 Å². The number of nitro benzene ring substituents is 1. The molecule has 0 unspecified atom stereocenters. The van der Waals surface area contributed by atoms with E-state index in [9.17, 15) is 19.7 Å². The van der Waals surface area contributed by atoms with Crippen LogP contribution in [0.3, 0.4) is 0 Å². The summed E-state index contributed by atoms with van der Waals surface area (Å²) in [5.74, 6) is -0.805. The van der Waals surface area contributed by atoms with Crippen LogP contribution >= 0.6 is 0 Å². The smallest absolute Gasteiger partial charge is 0.277 e. The summed E-state index contributed by atoms with van der Waals surface area (Å²) in [6.45, 7) is 0.458. The van der Waals surface area contributed by atoms with Crippen LogP contribution < -0.4 is 0 Å². The number of rotatable bonds is 5. The highest BCUT2D eigenvalue weighted by atomic mass is 16.6. The van der Waals surface area contributed by atoms with Gasteiger partial charge in [-0.05, 0) is 23.3 Å². The van der Waals surface area contributed by atoms with Gasteiger partial charge in [-0.2, -0.15) is 0 Å². The van der Waals surface area contributed by atoms with Crippen LogP contribution in [0.1, 0.15) is 11.1 Å². The Morgan fingerprint density at radius 3 is 2.19 bits per heavy atom. The lowest BCUT2D eigenvalue weighted by atomic mass is 10.0. The molecule has 0 spiro atoms. The molecule has 26 heavy (non-hydrogen) atoms. The van der Waals surface area contributed by atoms with E-state index in [1.165, 1.54) is 31.3 Å². The average molecular weight is 351 g/mol. The van der Waals surface area contributed by atoms with Crippen molar-refractivity contribution in [2.75, 3.05) is 14.1 Å². The van der Waals surface area contributed by atoms with Crippen molar-refractivity contribution >= 4 is 23.1 Å². The molecule has 0 saturated heterocycles. The maximum atomic E-state index is 12.6. The Morgan fingerprint density at radius 2 is 1.62 bits per heavy atom. The van der Waals surface area contributed by atoms with Crippen LogP contribution in [0.15, 0.2) is 60.3 Å². The van der Waals surface area contributed by atoms with Crippen molar-refractivity contribution in [1.29, 1.82) is 0 Å². The summed E-state index contributed by atoms with van der Waals surface area (Å²) >= 11 is 0. The highest BCUT2D eigenvalue weighted by Crippen LogP contribution is 2.31. The van der Waals surface area contributed by atoms with Gasteiger partial charge in [0.05, 0.1) is 10.5 Å². The molecular weight excluding hydrogens is 334 g/mol. The second-order valence-electron chi connectivity index (χ2n) is 6.04. The third kappa shape index (κ3) is 3.06. The third-order valence-electron chi connectivity index (χ3n) is 4.27. The summed E-state index contributed by atoms with van der Waals surface area (Å²) in [5, 5.41) is 10.8. The SMILES string of the molecule is CN(Cc1ccccc1)C1=C(c2ccc([N+](=O)[O-])cc2)C(=O)N(C)C1=O. The van der Waals surface area contributed by atoms with Gasteiger partial charge < -0.3 is 4.90 Å². The van der Waals surface area contributed by atoms with Gasteiger partial charge >= 0.3 is 0 Å². The van der Waals surface area contributed by atoms with Gasteiger partial charge in [-0.25, -0.2) is 0 Å². The van der Waals surface area contributed by atoms with Gasteiger partial charge in [0.25, 0.3) is 17.5 Å². The number of benzene rings is 2. The fourth-order valence-corrected chi connectivity index (χ4v) is 2.93. The molecule has 7 nitrogen and oxygen atoms in total. The second-order valence-corrected chi connectivity index (χ2v) is 6.04. The van der Waals surface area contributed by atoms with Crippen molar-refractivity contribution in [3.05, 3.63) is 81.5 Å². The highest BCUT2D eigenvalue weighted by molar-refractivity contribution is 6.35. The number of imide groups is 1. The second kappa shape index (κ2) is 6.79. The molecule has 7 heteroatoms. The van der Waals surface area contributed by atoms with Crippen LogP contribution in [0.5, 0.6) is 0 Å². The number of nitrogens with zero attached hydrogens (tertiary/aromatic N) is 3. The van der Waals surface area contributed by atoms with E-state index in [2.05, 4.69) is 0 Å². The average Bonchev–Trinajstić information content (AvgIpc) is 2.86. The zero-order valence-corrected chi connectivity index (χ0v) is 14.4. The molecule has 0 bridgehead atoms. The fraction of sp³-hybridized carbons (Fsp3) is 0.158. The minimum absolute atomic E-state index is 0.0707. The number of carbonyl (C=O) groups excluding carboxylic acids is 2. The largest absolute Gasteiger partial charge is 0.365 e. The van der Waals surface area contributed by atoms with Gasteiger partial charge in [0, 0.05) is 32.8 Å². The van der Waals surface area contributed by atoms with E-state index in [0.717, 1.165) is 10.5 Å². The van der Waals surface area contributed by atoms with Gasteiger partial charge in [0.15, 0.2) is 0 Å². The minimum Gasteiger partial charge on any atom is -0.365 e. The molecule has 0 saturated carbocycles. The predicted octanol–water partition coefficient (Wildman–Crippen LogP) is 2.44. The Kier molecular flexibility index (Phi) is 4.53. The lowest BCUT2D eigenvalue weighted by molar-refractivity contribution is -0.384. The molecule has 2 aromatic rings. The molecule has 0 atom stereocenters. The molecule has 132 valence electrons. The Balaban J connectivity index is 2.02. The number of hydrogen-bond acceptors (Lipinski definition) is 5. The van der Waals surface area contributed by atoms with E-state index in [0.29, 0.717) is 12.1 Å². The summed E-state index contributed by atoms with van der Waals surface area (Å²) < 4.78 is 0. The molecule has 3 rings (SSSR count). The van der Waals surface area contributed by atoms with Crippen LogP contribution in [-0.2, 0) is 16.1 Å². The molecule has 0 aromatic heterocycles. The van der Waals surface area contributed by atoms with Crippen LogP contribution in [0, 0.1) is 10.1 Å². The van der Waals surface area contributed by atoms with E-state index in [1.807, 2.05) is 30.3 Å². The van der Waals surface area contributed by atoms with Gasteiger partial charge in [-0.3, -0.25) is 24.6 Å². The van der Waals surface area contributed by atoms with Crippen LogP contribution in [0.2, 0.25) is 0 Å². The molecular formula is C19H17N3O4. The van der Waals surface area contributed by atoms with Crippen molar-refractivity contribution in [2.24, 2.45) is 0 Å². The zero-order valence-electron chi connectivity index (χ0n) is 14.4. The number of amides is 2. The standard InChI is InChI=1S/C19H17N3O4/c1-20(12-13-6-4-3-5-7-13)17-16(18(23)21(2)19(17)24)14-8-10-15(11-9-14)22(25)26/h3-11H,12H2,1-2H3. The molecule has 0 fully saturated rings.